The Hall–Kier alpha value is -2.48. The smallest absolute Gasteiger partial charge is 0.320 e. The number of halogens is 1. The Morgan fingerprint density at radius 3 is 2.83 bits per heavy atom. The summed E-state index contributed by atoms with van der Waals surface area (Å²) in [7, 11) is 1.58. The fourth-order valence-electron chi connectivity index (χ4n) is 2.21. The highest BCUT2D eigenvalue weighted by atomic mass is 19.1. The lowest BCUT2D eigenvalue weighted by Crippen LogP contribution is -2.40. The zero-order valence-electron chi connectivity index (χ0n) is 14.0. The summed E-state index contributed by atoms with van der Waals surface area (Å²) in [6, 6.07) is 6.03. The summed E-state index contributed by atoms with van der Waals surface area (Å²) in [6.07, 6.45) is 0.750. The number of methoxy groups -OCH3 is 1. The molecule has 7 nitrogen and oxygen atoms in total. The molecule has 0 bridgehead atoms. The fourth-order valence-corrected chi connectivity index (χ4v) is 2.21. The maximum absolute atomic E-state index is 13.7. The number of nitrogens with zero attached hydrogens (tertiary/aromatic N) is 3. The molecule has 1 aromatic heterocycles. The zero-order valence-corrected chi connectivity index (χ0v) is 14.0. The molecule has 1 aromatic carbocycles. The Bertz CT molecular complexity index is 689. The molecule has 0 spiro atoms. The van der Waals surface area contributed by atoms with Crippen molar-refractivity contribution in [2.24, 2.45) is 0 Å². The van der Waals surface area contributed by atoms with Crippen LogP contribution in [0.4, 0.5) is 15.0 Å². The topological polar surface area (TPSA) is 81.1 Å². The van der Waals surface area contributed by atoms with Gasteiger partial charge < -0.3 is 10.1 Å². The van der Waals surface area contributed by atoms with Gasteiger partial charge in [-0.25, -0.2) is 13.9 Å². The number of rotatable bonds is 7. The quantitative estimate of drug-likeness (QED) is 0.814. The fraction of sp³-hybridized carbons (Fsp3) is 0.438. The van der Waals surface area contributed by atoms with Crippen LogP contribution in [0.15, 0.2) is 24.3 Å². The second-order valence-corrected chi connectivity index (χ2v) is 5.43. The van der Waals surface area contributed by atoms with Crippen LogP contribution in [0, 0.1) is 12.7 Å². The molecule has 1 heterocycles. The van der Waals surface area contributed by atoms with E-state index in [1.165, 1.54) is 6.07 Å². The first-order valence-electron chi connectivity index (χ1n) is 7.75. The number of hydrogen-bond donors (Lipinski definition) is 2. The van der Waals surface area contributed by atoms with Crippen LogP contribution in [-0.4, -0.2) is 40.8 Å². The predicted molar refractivity (Wildman–Crippen MR) is 88.4 cm³/mol. The Morgan fingerprint density at radius 2 is 2.17 bits per heavy atom. The van der Waals surface area contributed by atoms with Crippen molar-refractivity contribution in [2.75, 3.05) is 19.0 Å². The lowest BCUT2D eigenvalue weighted by molar-refractivity contribution is 0.165. The van der Waals surface area contributed by atoms with Crippen molar-refractivity contribution in [3.8, 4) is 0 Å². The van der Waals surface area contributed by atoms with E-state index in [1.807, 2.05) is 6.92 Å². The largest absolute Gasteiger partial charge is 0.383 e. The van der Waals surface area contributed by atoms with E-state index in [1.54, 1.807) is 36.9 Å². The molecule has 0 saturated heterocycles. The zero-order chi connectivity index (χ0) is 17.5. The van der Waals surface area contributed by atoms with Crippen LogP contribution in [0.5, 0.6) is 0 Å². The number of carbonyl (C=O) groups excluding carboxylic acids is 1. The number of hydrogen-bond acceptors (Lipinski definition) is 4. The Morgan fingerprint density at radius 1 is 1.42 bits per heavy atom. The number of aromatic nitrogens is 3. The molecule has 2 N–H and O–H groups in total. The van der Waals surface area contributed by atoms with Gasteiger partial charge >= 0.3 is 6.03 Å². The standard InChI is InChI=1S/C16H22FN5O2/c1-4-13(10-24-3)18-16(23)19-15-11(2)22(21-20-15)9-12-7-5-6-8-14(12)17/h5-8,13H,4,9-10H2,1-3H3,(H2,18,19,23)/t13-/m1/s1. The number of carbonyl (C=O) groups is 1. The summed E-state index contributed by atoms with van der Waals surface area (Å²) in [5, 5.41) is 13.4. The van der Waals surface area contributed by atoms with Crippen molar-refractivity contribution >= 4 is 11.8 Å². The van der Waals surface area contributed by atoms with Crippen molar-refractivity contribution in [3.63, 3.8) is 0 Å². The Labute approximate surface area is 140 Å². The molecule has 1 atom stereocenters. The van der Waals surface area contributed by atoms with E-state index in [-0.39, 0.29) is 24.4 Å². The molecule has 0 aliphatic carbocycles. The number of anilines is 1. The van der Waals surface area contributed by atoms with Gasteiger partial charge in [0.05, 0.1) is 24.9 Å². The van der Waals surface area contributed by atoms with Crippen LogP contribution in [-0.2, 0) is 11.3 Å². The van der Waals surface area contributed by atoms with Crippen LogP contribution in [0.2, 0.25) is 0 Å². The maximum atomic E-state index is 13.7. The number of benzene rings is 1. The van der Waals surface area contributed by atoms with Crippen molar-refractivity contribution in [2.45, 2.75) is 32.9 Å². The average molecular weight is 335 g/mol. The minimum atomic E-state index is -0.375. The monoisotopic (exact) mass is 335 g/mol. The van der Waals surface area contributed by atoms with Gasteiger partial charge in [0.25, 0.3) is 0 Å². The van der Waals surface area contributed by atoms with E-state index in [9.17, 15) is 9.18 Å². The summed E-state index contributed by atoms with van der Waals surface area (Å²) in [5.41, 5.74) is 1.15. The number of ether oxygens (including phenoxy) is 1. The lowest BCUT2D eigenvalue weighted by Gasteiger charge is -2.15. The minimum Gasteiger partial charge on any atom is -0.383 e. The summed E-state index contributed by atoms with van der Waals surface area (Å²) in [5.74, 6) is 0.0427. The van der Waals surface area contributed by atoms with E-state index in [0.717, 1.165) is 6.42 Å². The highest BCUT2D eigenvalue weighted by Crippen LogP contribution is 2.14. The molecule has 130 valence electrons. The van der Waals surface area contributed by atoms with Crippen LogP contribution < -0.4 is 10.6 Å². The molecule has 0 unspecified atom stereocenters. The van der Waals surface area contributed by atoms with Crippen LogP contribution in [0.1, 0.15) is 24.6 Å². The van der Waals surface area contributed by atoms with Crippen molar-refractivity contribution in [1.29, 1.82) is 0 Å². The molecule has 2 rings (SSSR count). The van der Waals surface area contributed by atoms with E-state index in [0.29, 0.717) is 23.7 Å². The third-order valence-electron chi connectivity index (χ3n) is 3.69. The third kappa shape index (κ3) is 4.51. The summed E-state index contributed by atoms with van der Waals surface area (Å²) in [4.78, 5) is 12.0. The maximum Gasteiger partial charge on any atom is 0.320 e. The summed E-state index contributed by atoms with van der Waals surface area (Å²) in [6.45, 7) is 4.40. The van der Waals surface area contributed by atoms with E-state index in [2.05, 4.69) is 20.9 Å². The summed E-state index contributed by atoms with van der Waals surface area (Å²) < 4.78 is 20.3. The molecule has 8 heteroatoms. The molecular formula is C16H22FN5O2. The molecule has 24 heavy (non-hydrogen) atoms. The molecule has 2 amide bonds. The normalized spacial score (nSPS) is 12.0. The molecule has 0 fully saturated rings. The van der Waals surface area contributed by atoms with Crippen LogP contribution >= 0.6 is 0 Å². The second-order valence-electron chi connectivity index (χ2n) is 5.43. The van der Waals surface area contributed by atoms with Gasteiger partial charge in [-0.15, -0.1) is 5.10 Å². The van der Waals surface area contributed by atoms with Crippen molar-refractivity contribution in [1.82, 2.24) is 20.3 Å². The van der Waals surface area contributed by atoms with E-state index < -0.39 is 0 Å². The summed E-state index contributed by atoms with van der Waals surface area (Å²) >= 11 is 0. The van der Waals surface area contributed by atoms with Gasteiger partial charge in [0.15, 0.2) is 5.82 Å². The second kappa shape index (κ2) is 8.39. The van der Waals surface area contributed by atoms with Crippen LogP contribution in [0.3, 0.4) is 0 Å². The first-order chi connectivity index (χ1) is 11.5. The van der Waals surface area contributed by atoms with Gasteiger partial charge in [0.1, 0.15) is 5.82 Å². The number of urea groups is 1. The van der Waals surface area contributed by atoms with E-state index in [4.69, 9.17) is 4.74 Å². The van der Waals surface area contributed by atoms with E-state index >= 15 is 0 Å². The molecular weight excluding hydrogens is 313 g/mol. The highest BCUT2D eigenvalue weighted by Gasteiger charge is 2.15. The Balaban J connectivity index is 2.02. The van der Waals surface area contributed by atoms with Crippen molar-refractivity contribution < 1.29 is 13.9 Å². The molecule has 0 aliphatic rings. The number of nitrogens with one attached hydrogen (secondary N) is 2. The van der Waals surface area contributed by atoms with Crippen LogP contribution in [0.25, 0.3) is 0 Å². The molecule has 0 aliphatic heterocycles. The third-order valence-corrected chi connectivity index (χ3v) is 3.69. The predicted octanol–water partition coefficient (Wildman–Crippen LogP) is 2.32. The van der Waals surface area contributed by atoms with Gasteiger partial charge in [-0.3, -0.25) is 5.32 Å². The van der Waals surface area contributed by atoms with Crippen molar-refractivity contribution in [3.05, 3.63) is 41.3 Å². The van der Waals surface area contributed by atoms with Gasteiger partial charge in [0.2, 0.25) is 0 Å². The number of amides is 2. The molecule has 2 aromatic rings. The average Bonchev–Trinajstić information content (AvgIpc) is 2.89. The lowest BCUT2D eigenvalue weighted by atomic mass is 10.2. The first kappa shape index (κ1) is 17.9. The van der Waals surface area contributed by atoms with Gasteiger partial charge in [-0.2, -0.15) is 0 Å². The van der Waals surface area contributed by atoms with Gasteiger partial charge in [-0.05, 0) is 19.4 Å². The first-order valence-corrected chi connectivity index (χ1v) is 7.75. The molecule has 0 radical (unpaired) electrons. The molecule has 0 saturated carbocycles. The SMILES string of the molecule is CC[C@H](COC)NC(=O)Nc1nnn(Cc2ccccc2F)c1C. The highest BCUT2D eigenvalue weighted by molar-refractivity contribution is 5.88. The Kier molecular flexibility index (Phi) is 6.25. The minimum absolute atomic E-state index is 0.0798. The van der Waals surface area contributed by atoms with Gasteiger partial charge in [0, 0.05) is 12.7 Å². The van der Waals surface area contributed by atoms with Gasteiger partial charge in [-0.1, -0.05) is 30.3 Å².